The monoisotopic (exact) mass is 966 g/mol. The van der Waals surface area contributed by atoms with Gasteiger partial charge in [0.25, 0.3) is 6.57 Å². The topological polar surface area (TPSA) is 281 Å². The van der Waals surface area contributed by atoms with Gasteiger partial charge in [-0.2, -0.15) is 0 Å². The van der Waals surface area contributed by atoms with Crippen LogP contribution in [0.1, 0.15) is 60.9 Å². The number of rotatable bonds is 18. The number of methoxy groups -OCH3 is 1. The summed E-state index contributed by atoms with van der Waals surface area (Å²) >= 11 is 1.09. The second-order valence-corrected chi connectivity index (χ2v) is 25.2. The van der Waals surface area contributed by atoms with E-state index in [1.807, 2.05) is 0 Å². The third kappa shape index (κ3) is 11.1. The van der Waals surface area contributed by atoms with E-state index in [2.05, 4.69) is 29.9 Å². The molecule has 2 fully saturated rings. The van der Waals surface area contributed by atoms with Gasteiger partial charge in [0.05, 0.1) is 42.8 Å². The Bertz CT molecular complexity index is 2370. The number of nitrogen functional groups attached to an aromatic ring is 2. The zero-order valence-corrected chi connectivity index (χ0v) is 39.0. The Morgan fingerprint density at radius 3 is 1.78 bits per heavy atom. The van der Waals surface area contributed by atoms with Crippen LogP contribution < -0.4 is 11.5 Å². The van der Waals surface area contributed by atoms with Crippen LogP contribution in [0.25, 0.3) is 22.3 Å². The summed E-state index contributed by atoms with van der Waals surface area (Å²) in [4.78, 5) is 49.7. The highest BCUT2D eigenvalue weighted by Gasteiger charge is 2.53. The van der Waals surface area contributed by atoms with E-state index in [0.29, 0.717) is 22.8 Å². The predicted octanol–water partition coefficient (Wildman–Crippen LogP) is 5.82. The standard InChI is InChI=1S/C35H50F2N10O12P2S2/c1-18-19(57-30(21(18)36)46-13-44-23-26(38)40-11-42-28(23)46)9-56-61(51,63-17-54-33(49)35(5,6)7)59-25-20(10-55-60(50,15-52-8)62-16-53-32(48)34(2,3)4)58-31(22(25)37)47-14-45-24-27(39)41-12-43-29(24)47/h11-14,18-22,25,30-31H,9-10,15-17H2,1-8H3,(H2,38,40,42)(H2,39,41,43)/t18-,19-,20-,21-,22-,25-,30-,31-,60?,61?/m1/s1. The van der Waals surface area contributed by atoms with Crippen molar-refractivity contribution in [2.75, 3.05) is 50.0 Å². The summed E-state index contributed by atoms with van der Waals surface area (Å²) in [5, 5.41) is 0. The number of nitrogens with zero attached hydrogens (tertiary/aromatic N) is 8. The van der Waals surface area contributed by atoms with Gasteiger partial charge in [0.1, 0.15) is 54.1 Å². The molecule has 2 unspecified atom stereocenters. The van der Waals surface area contributed by atoms with Gasteiger partial charge in [-0.1, -0.05) is 6.92 Å². The first-order chi connectivity index (χ1) is 29.6. The molecule has 4 aromatic rings. The molecule has 0 amide bonds. The largest absolute Gasteiger partial charge is 0.454 e. The number of hydrogen-bond donors (Lipinski definition) is 2. The molecule has 4 N–H and O–H groups in total. The maximum atomic E-state index is 17.1. The molecule has 0 spiro atoms. The van der Waals surface area contributed by atoms with E-state index in [-0.39, 0.29) is 39.9 Å². The van der Waals surface area contributed by atoms with Crippen molar-refractivity contribution >= 4 is 82.0 Å². The summed E-state index contributed by atoms with van der Waals surface area (Å²) in [6.07, 6.45) is -6.59. The minimum atomic E-state index is -4.68. The molecule has 28 heteroatoms. The van der Waals surface area contributed by atoms with Crippen LogP contribution in [-0.2, 0) is 56.0 Å². The number of fused-ring (bicyclic) bond motifs is 2. The average Bonchev–Trinajstić information content (AvgIpc) is 3.98. The van der Waals surface area contributed by atoms with Gasteiger partial charge in [-0.05, 0) is 52.9 Å². The van der Waals surface area contributed by atoms with E-state index in [9.17, 15) is 18.7 Å². The summed E-state index contributed by atoms with van der Waals surface area (Å²) in [5.74, 6) is -2.93. The number of imidazole rings is 2. The normalized spacial score (nSPS) is 26.2. The molecular weight excluding hydrogens is 917 g/mol. The van der Waals surface area contributed by atoms with Crippen molar-refractivity contribution in [3.05, 3.63) is 25.3 Å². The summed E-state index contributed by atoms with van der Waals surface area (Å²) < 4.78 is 110. The number of nitrogens with two attached hydrogens (primary N) is 2. The van der Waals surface area contributed by atoms with Crippen molar-refractivity contribution in [2.45, 2.75) is 91.6 Å². The number of hydrogen-bond acceptors (Lipinski definition) is 22. The quantitative estimate of drug-likeness (QED) is 0.0674. The molecule has 0 bridgehead atoms. The van der Waals surface area contributed by atoms with E-state index >= 15 is 8.78 Å². The van der Waals surface area contributed by atoms with Crippen LogP contribution in [0.5, 0.6) is 0 Å². The van der Waals surface area contributed by atoms with Crippen molar-refractivity contribution in [2.24, 2.45) is 16.7 Å². The number of aromatic nitrogens is 8. The molecule has 2 aliphatic heterocycles. The lowest BCUT2D eigenvalue weighted by molar-refractivity contribution is -0.151. The minimum Gasteiger partial charge on any atom is -0.454 e. The second kappa shape index (κ2) is 19.5. The van der Waals surface area contributed by atoms with Gasteiger partial charge < -0.3 is 39.7 Å². The molecule has 0 saturated carbocycles. The Kier molecular flexibility index (Phi) is 15.1. The first-order valence-electron chi connectivity index (χ1n) is 19.3. The van der Waals surface area contributed by atoms with E-state index < -0.39 is 111 Å². The van der Waals surface area contributed by atoms with Crippen LogP contribution in [0.15, 0.2) is 25.3 Å². The van der Waals surface area contributed by atoms with Crippen LogP contribution in [0.2, 0.25) is 0 Å². The fourth-order valence-electron chi connectivity index (χ4n) is 6.15. The predicted molar refractivity (Wildman–Crippen MR) is 226 cm³/mol. The van der Waals surface area contributed by atoms with Crippen molar-refractivity contribution < 1.29 is 64.8 Å². The van der Waals surface area contributed by atoms with Crippen LogP contribution in [0, 0.1) is 16.7 Å². The minimum absolute atomic E-state index is 0.00313. The Labute approximate surface area is 368 Å². The highest BCUT2D eigenvalue weighted by atomic mass is 32.7. The van der Waals surface area contributed by atoms with Gasteiger partial charge in [-0.3, -0.25) is 32.3 Å². The van der Waals surface area contributed by atoms with E-state index in [1.54, 1.807) is 48.5 Å². The molecule has 22 nitrogen and oxygen atoms in total. The number of halogens is 2. The molecule has 4 aromatic heterocycles. The molecule has 0 aliphatic carbocycles. The molecule has 6 rings (SSSR count). The fourth-order valence-corrected chi connectivity index (χ4v) is 11.8. The van der Waals surface area contributed by atoms with Crippen LogP contribution in [0.4, 0.5) is 20.4 Å². The van der Waals surface area contributed by atoms with Crippen molar-refractivity contribution in [3.63, 3.8) is 0 Å². The zero-order chi connectivity index (χ0) is 46.1. The van der Waals surface area contributed by atoms with Crippen molar-refractivity contribution in [1.29, 1.82) is 0 Å². The smallest absolute Gasteiger partial charge is 0.392 e. The van der Waals surface area contributed by atoms with Crippen molar-refractivity contribution in [3.8, 4) is 0 Å². The van der Waals surface area contributed by atoms with Gasteiger partial charge in [-0.15, -0.1) is 0 Å². The molecule has 0 radical (unpaired) electrons. The summed E-state index contributed by atoms with van der Waals surface area (Å²) in [6.45, 7) is 1.60. The third-order valence-electron chi connectivity index (χ3n) is 9.70. The molecular formula is C35H50F2N10O12P2S2. The molecule has 6 heterocycles. The lowest BCUT2D eigenvalue weighted by atomic mass is 9.98. The lowest BCUT2D eigenvalue weighted by Gasteiger charge is -2.27. The summed E-state index contributed by atoms with van der Waals surface area (Å²) in [7, 11) is 1.28. The maximum Gasteiger partial charge on any atom is 0.392 e. The Morgan fingerprint density at radius 1 is 0.762 bits per heavy atom. The van der Waals surface area contributed by atoms with E-state index in [1.165, 1.54) is 35.2 Å². The molecule has 2 aliphatic rings. The summed E-state index contributed by atoms with van der Waals surface area (Å²) in [5.41, 5.74) is 10.8. The van der Waals surface area contributed by atoms with Gasteiger partial charge in [0.15, 0.2) is 47.7 Å². The molecule has 63 heavy (non-hydrogen) atoms. The van der Waals surface area contributed by atoms with Gasteiger partial charge in [0, 0.05) is 24.4 Å². The first kappa shape index (κ1) is 48.9. The first-order valence-corrected chi connectivity index (χ1v) is 25.8. The third-order valence-corrected chi connectivity index (χ3v) is 16.9. The molecule has 0 aromatic carbocycles. The average molecular weight is 967 g/mol. The summed E-state index contributed by atoms with van der Waals surface area (Å²) in [6, 6.07) is 0. The van der Waals surface area contributed by atoms with Crippen LogP contribution >= 0.6 is 36.1 Å². The van der Waals surface area contributed by atoms with Crippen LogP contribution in [0.3, 0.4) is 0 Å². The van der Waals surface area contributed by atoms with E-state index in [4.69, 9.17) is 48.7 Å². The number of ether oxygens (including phenoxy) is 5. The van der Waals surface area contributed by atoms with Gasteiger partial charge in [-0.25, -0.2) is 43.2 Å². The second-order valence-electron chi connectivity index (χ2n) is 16.5. The highest BCUT2D eigenvalue weighted by Crippen LogP contribution is 2.64. The fraction of sp³-hybridized carbons (Fsp3) is 0.657. The Morgan fingerprint density at radius 2 is 1.25 bits per heavy atom. The maximum absolute atomic E-state index is 17.1. The number of esters is 2. The number of alkyl halides is 2. The molecule has 10 atom stereocenters. The van der Waals surface area contributed by atoms with Crippen molar-refractivity contribution in [1.82, 2.24) is 39.0 Å². The highest BCUT2D eigenvalue weighted by molar-refractivity contribution is 8.56. The zero-order valence-electron chi connectivity index (χ0n) is 35.6. The molecule has 2 saturated heterocycles. The Hall–Kier alpha value is -3.58. The lowest BCUT2D eigenvalue weighted by Crippen LogP contribution is -2.34. The number of carbonyl (C=O) groups is 2. The van der Waals surface area contributed by atoms with Gasteiger partial charge >= 0.3 is 18.7 Å². The number of carbonyl (C=O) groups excluding carboxylic acids is 2. The van der Waals surface area contributed by atoms with E-state index in [0.717, 1.165) is 6.33 Å². The van der Waals surface area contributed by atoms with Crippen LogP contribution in [-0.4, -0.2) is 120 Å². The number of anilines is 2. The SMILES string of the molecule is COCP(=O)(OC[C@H]1O[C@@H](n2cnc3c(N)ncnc32)[C@H](F)[C@@H]1OP(=O)(OC[C@H]1O[C@@H](n2cnc3c(N)ncnc32)[C@H](F)[C@@H]1C)SCOC(=O)C(C)(C)C)SCOC(=O)C(C)(C)C. The molecule has 348 valence electrons. The Balaban J connectivity index is 1.27. The van der Waals surface area contributed by atoms with Gasteiger partial charge in [0.2, 0.25) is 0 Å².